The highest BCUT2D eigenvalue weighted by atomic mass is 32.1. The summed E-state index contributed by atoms with van der Waals surface area (Å²) in [6.45, 7) is 7.01. The van der Waals surface area contributed by atoms with E-state index in [0.717, 1.165) is 36.6 Å². The molecule has 0 bridgehead atoms. The summed E-state index contributed by atoms with van der Waals surface area (Å²) in [7, 11) is 2.20. The molecule has 3 rings (SSSR count). The molecule has 0 spiro atoms. The molecule has 1 aromatic rings. The molecule has 0 saturated carbocycles. The molecular weight excluding hydrogens is 308 g/mol. The fraction of sp³-hybridized carbons (Fsp3) is 0.765. The average Bonchev–Trinajstić information content (AvgIpc) is 2.99. The van der Waals surface area contributed by atoms with Crippen molar-refractivity contribution in [2.75, 3.05) is 33.2 Å². The SMILES string of the molecule is Cc1csc(CNC(=O)[C@@H]2CCCN(C3CCN(C)CC3)C2)n1. The van der Waals surface area contributed by atoms with Crippen LogP contribution in [0.3, 0.4) is 0 Å². The highest BCUT2D eigenvalue weighted by Gasteiger charge is 2.31. The van der Waals surface area contributed by atoms with E-state index in [4.69, 9.17) is 0 Å². The molecule has 1 amide bonds. The zero-order valence-electron chi connectivity index (χ0n) is 14.3. The van der Waals surface area contributed by atoms with Crippen LogP contribution in [0.4, 0.5) is 0 Å². The van der Waals surface area contributed by atoms with E-state index in [-0.39, 0.29) is 11.8 Å². The van der Waals surface area contributed by atoms with Crippen molar-refractivity contribution in [1.29, 1.82) is 0 Å². The Hall–Kier alpha value is -0.980. The molecule has 23 heavy (non-hydrogen) atoms. The molecule has 0 aromatic carbocycles. The fourth-order valence-electron chi connectivity index (χ4n) is 3.70. The van der Waals surface area contributed by atoms with Gasteiger partial charge in [0.25, 0.3) is 0 Å². The normalized spacial score (nSPS) is 24.7. The third-order valence-electron chi connectivity index (χ3n) is 5.11. The van der Waals surface area contributed by atoms with Gasteiger partial charge in [0.15, 0.2) is 0 Å². The molecule has 128 valence electrons. The maximum Gasteiger partial charge on any atom is 0.224 e. The average molecular weight is 337 g/mol. The Morgan fingerprint density at radius 3 is 2.83 bits per heavy atom. The minimum absolute atomic E-state index is 0.143. The number of piperidine rings is 2. The van der Waals surface area contributed by atoms with Crippen LogP contribution in [0.15, 0.2) is 5.38 Å². The lowest BCUT2D eigenvalue weighted by Gasteiger charge is -2.41. The van der Waals surface area contributed by atoms with E-state index < -0.39 is 0 Å². The molecule has 2 saturated heterocycles. The van der Waals surface area contributed by atoms with Crippen molar-refractivity contribution < 1.29 is 4.79 Å². The van der Waals surface area contributed by atoms with Gasteiger partial charge >= 0.3 is 0 Å². The second-order valence-corrected chi connectivity index (χ2v) is 7.91. The maximum atomic E-state index is 12.5. The minimum Gasteiger partial charge on any atom is -0.349 e. The van der Waals surface area contributed by atoms with E-state index in [0.29, 0.717) is 12.6 Å². The number of hydrogen-bond acceptors (Lipinski definition) is 5. The number of nitrogens with zero attached hydrogens (tertiary/aromatic N) is 3. The van der Waals surface area contributed by atoms with Gasteiger partial charge in [0.05, 0.1) is 12.5 Å². The lowest BCUT2D eigenvalue weighted by molar-refractivity contribution is -0.127. The number of carbonyl (C=O) groups is 1. The second-order valence-electron chi connectivity index (χ2n) is 6.97. The molecule has 0 unspecified atom stereocenters. The van der Waals surface area contributed by atoms with Crippen LogP contribution in [0.5, 0.6) is 0 Å². The van der Waals surface area contributed by atoms with Gasteiger partial charge in [-0.05, 0) is 59.3 Å². The van der Waals surface area contributed by atoms with Crippen molar-refractivity contribution in [1.82, 2.24) is 20.1 Å². The zero-order chi connectivity index (χ0) is 16.2. The monoisotopic (exact) mass is 336 g/mol. The number of aryl methyl sites for hydroxylation is 1. The van der Waals surface area contributed by atoms with Crippen LogP contribution in [-0.4, -0.2) is 60.0 Å². The van der Waals surface area contributed by atoms with Crippen molar-refractivity contribution in [3.8, 4) is 0 Å². The largest absolute Gasteiger partial charge is 0.349 e. The molecule has 2 aliphatic heterocycles. The third-order valence-corrected chi connectivity index (χ3v) is 6.08. The van der Waals surface area contributed by atoms with Crippen LogP contribution in [-0.2, 0) is 11.3 Å². The molecule has 5 nitrogen and oxygen atoms in total. The zero-order valence-corrected chi connectivity index (χ0v) is 15.1. The van der Waals surface area contributed by atoms with E-state index in [1.54, 1.807) is 11.3 Å². The van der Waals surface area contributed by atoms with Gasteiger partial charge < -0.3 is 10.2 Å². The van der Waals surface area contributed by atoms with Crippen LogP contribution in [0, 0.1) is 12.8 Å². The van der Waals surface area contributed by atoms with Gasteiger partial charge in [-0.25, -0.2) is 4.98 Å². The number of aromatic nitrogens is 1. The molecule has 1 N–H and O–H groups in total. The predicted molar refractivity (Wildman–Crippen MR) is 93.5 cm³/mol. The Labute approximate surface area is 143 Å². The Morgan fingerprint density at radius 1 is 1.35 bits per heavy atom. The van der Waals surface area contributed by atoms with E-state index in [1.807, 2.05) is 12.3 Å². The quantitative estimate of drug-likeness (QED) is 0.912. The summed E-state index contributed by atoms with van der Waals surface area (Å²) in [6.07, 6.45) is 4.64. The summed E-state index contributed by atoms with van der Waals surface area (Å²) in [4.78, 5) is 21.9. The molecule has 2 fully saturated rings. The first-order chi connectivity index (χ1) is 11.1. The van der Waals surface area contributed by atoms with E-state index in [9.17, 15) is 4.79 Å². The Morgan fingerprint density at radius 2 is 2.13 bits per heavy atom. The smallest absolute Gasteiger partial charge is 0.224 e. The number of hydrogen-bond donors (Lipinski definition) is 1. The van der Waals surface area contributed by atoms with Crippen LogP contribution in [0.2, 0.25) is 0 Å². The minimum atomic E-state index is 0.143. The van der Waals surface area contributed by atoms with Crippen molar-refractivity contribution in [3.63, 3.8) is 0 Å². The first kappa shape index (κ1) is 16.9. The number of thiazole rings is 1. The summed E-state index contributed by atoms with van der Waals surface area (Å²) in [5.41, 5.74) is 1.03. The molecule has 0 radical (unpaired) electrons. The van der Waals surface area contributed by atoms with Crippen molar-refractivity contribution in [3.05, 3.63) is 16.1 Å². The highest BCUT2D eigenvalue weighted by molar-refractivity contribution is 7.09. The Kier molecular flexibility index (Phi) is 5.67. The first-order valence-corrected chi connectivity index (χ1v) is 9.61. The Bertz CT molecular complexity index is 524. The number of likely N-dealkylation sites (tertiary alicyclic amines) is 2. The molecule has 2 aliphatic rings. The highest BCUT2D eigenvalue weighted by Crippen LogP contribution is 2.23. The van der Waals surface area contributed by atoms with Gasteiger partial charge in [-0.15, -0.1) is 11.3 Å². The predicted octanol–water partition coefficient (Wildman–Crippen LogP) is 1.87. The van der Waals surface area contributed by atoms with Gasteiger partial charge in [-0.1, -0.05) is 0 Å². The van der Waals surface area contributed by atoms with Gasteiger partial charge in [0, 0.05) is 23.7 Å². The van der Waals surface area contributed by atoms with Crippen LogP contribution < -0.4 is 5.32 Å². The lowest BCUT2D eigenvalue weighted by atomic mass is 9.93. The van der Waals surface area contributed by atoms with E-state index in [1.165, 1.54) is 25.9 Å². The Balaban J connectivity index is 1.48. The summed E-state index contributed by atoms with van der Waals surface area (Å²) >= 11 is 1.62. The van der Waals surface area contributed by atoms with Crippen molar-refractivity contribution >= 4 is 17.2 Å². The molecule has 3 heterocycles. The second kappa shape index (κ2) is 7.73. The molecule has 0 aliphatic carbocycles. The van der Waals surface area contributed by atoms with Gasteiger partial charge in [0.2, 0.25) is 5.91 Å². The summed E-state index contributed by atoms with van der Waals surface area (Å²) in [6, 6.07) is 0.670. The van der Waals surface area contributed by atoms with Crippen molar-refractivity contribution in [2.45, 2.75) is 45.2 Å². The number of carbonyl (C=O) groups excluding carboxylic acids is 1. The fourth-order valence-corrected chi connectivity index (χ4v) is 4.41. The van der Waals surface area contributed by atoms with Crippen molar-refractivity contribution in [2.24, 2.45) is 5.92 Å². The first-order valence-electron chi connectivity index (χ1n) is 8.73. The van der Waals surface area contributed by atoms with E-state index in [2.05, 4.69) is 27.1 Å². The van der Waals surface area contributed by atoms with Gasteiger partial charge in [-0.3, -0.25) is 9.69 Å². The number of rotatable bonds is 4. The molecule has 1 aromatic heterocycles. The lowest BCUT2D eigenvalue weighted by Crippen LogP contribution is -2.50. The van der Waals surface area contributed by atoms with Crippen LogP contribution in [0.25, 0.3) is 0 Å². The van der Waals surface area contributed by atoms with Gasteiger partial charge in [0.1, 0.15) is 5.01 Å². The standard InChI is InChI=1S/C17H28N4OS/c1-13-12-23-16(19-13)10-18-17(22)14-4-3-7-21(11-14)15-5-8-20(2)9-6-15/h12,14-15H,3-11H2,1-2H3,(H,18,22)/t14-/m1/s1. The van der Waals surface area contributed by atoms with Gasteiger partial charge in [-0.2, -0.15) is 0 Å². The topological polar surface area (TPSA) is 48.5 Å². The summed E-state index contributed by atoms with van der Waals surface area (Å²) < 4.78 is 0. The van der Waals surface area contributed by atoms with Crippen LogP contribution >= 0.6 is 11.3 Å². The number of amides is 1. The van der Waals surface area contributed by atoms with Crippen LogP contribution in [0.1, 0.15) is 36.4 Å². The molecule has 1 atom stereocenters. The number of nitrogens with one attached hydrogen (secondary N) is 1. The summed E-state index contributed by atoms with van der Waals surface area (Å²) in [5, 5.41) is 6.12. The molecular formula is C17H28N4OS. The third kappa shape index (κ3) is 4.52. The molecule has 6 heteroatoms. The summed E-state index contributed by atoms with van der Waals surface area (Å²) in [5.74, 6) is 0.347. The maximum absolute atomic E-state index is 12.5. The van der Waals surface area contributed by atoms with E-state index >= 15 is 0 Å².